The molecule has 1 spiro atoms. The van der Waals surface area contributed by atoms with E-state index in [1.165, 1.54) is 12.3 Å². The first kappa shape index (κ1) is 2.34. The predicted molar refractivity (Wildman–Crippen MR) is 22.9 cm³/mol. The molecule has 3 aliphatic carbocycles. The summed E-state index contributed by atoms with van der Waals surface area (Å²) >= 11 is 0. The fourth-order valence-electron chi connectivity index (χ4n) is 2.14. The van der Waals surface area contributed by atoms with E-state index in [9.17, 15) is 0 Å². The van der Waals surface area contributed by atoms with Gasteiger partial charge in [0, 0.05) is 0 Å². The maximum Gasteiger partial charge on any atom is -0.0128 e. The molecule has 0 aliphatic heterocycles. The van der Waals surface area contributed by atoms with Crippen molar-refractivity contribution in [3.05, 3.63) is 5.92 Å². The van der Waals surface area contributed by atoms with E-state index in [-0.39, 0.29) is 0 Å². The van der Waals surface area contributed by atoms with Crippen LogP contribution in [0, 0.1) is 23.2 Å². The van der Waals surface area contributed by atoms with Crippen LogP contribution >= 0.6 is 0 Å². The van der Waals surface area contributed by atoms with E-state index >= 15 is 0 Å². The molecule has 3 aliphatic rings. The Kier molecular flexibility index (Phi) is 0.122. The molecule has 0 saturated heterocycles. The number of fused-ring (bicyclic) bond motifs is 1. The minimum Gasteiger partial charge on any atom is -0.0616 e. The van der Waals surface area contributed by atoms with Crippen LogP contribution in [0.15, 0.2) is 0 Å². The molecule has 0 aromatic rings. The topological polar surface area (TPSA) is 0 Å². The SMILES string of the molecule is CC1C2[C]3CC312. The molecule has 0 N–H and O–H groups in total. The van der Waals surface area contributed by atoms with Crippen LogP contribution in [0.5, 0.6) is 0 Å². The third-order valence-corrected chi connectivity index (χ3v) is 3.01. The van der Waals surface area contributed by atoms with Crippen molar-refractivity contribution in [3.63, 3.8) is 0 Å². The van der Waals surface area contributed by atoms with Crippen molar-refractivity contribution >= 4 is 0 Å². The minimum atomic E-state index is 0.958. The molecular formula is C6H7. The Morgan fingerprint density at radius 2 is 2.50 bits per heavy atom. The maximum absolute atomic E-state index is 2.38. The summed E-state index contributed by atoms with van der Waals surface area (Å²) < 4.78 is 0. The Morgan fingerprint density at radius 1 is 1.83 bits per heavy atom. The number of hydrogen-bond donors (Lipinski definition) is 0. The van der Waals surface area contributed by atoms with Crippen molar-refractivity contribution in [1.29, 1.82) is 0 Å². The van der Waals surface area contributed by atoms with Gasteiger partial charge in [0.05, 0.1) is 0 Å². The van der Waals surface area contributed by atoms with Crippen LogP contribution in [0.1, 0.15) is 13.3 Å². The van der Waals surface area contributed by atoms with E-state index in [2.05, 4.69) is 6.92 Å². The quantitative estimate of drug-likeness (QED) is 0.409. The molecule has 3 fully saturated rings. The van der Waals surface area contributed by atoms with Gasteiger partial charge in [0.25, 0.3) is 0 Å². The van der Waals surface area contributed by atoms with Gasteiger partial charge in [0.1, 0.15) is 0 Å². The fourth-order valence-corrected chi connectivity index (χ4v) is 2.14. The van der Waals surface area contributed by atoms with Crippen LogP contribution in [-0.4, -0.2) is 0 Å². The molecule has 1 radical (unpaired) electrons. The van der Waals surface area contributed by atoms with E-state index in [0.29, 0.717) is 0 Å². The molecule has 0 bridgehead atoms. The van der Waals surface area contributed by atoms with Gasteiger partial charge in [-0.15, -0.1) is 0 Å². The lowest BCUT2D eigenvalue weighted by molar-refractivity contribution is 0.765. The highest BCUT2D eigenvalue weighted by molar-refractivity contribution is 5.63. The first-order chi connectivity index (χ1) is 2.87. The highest BCUT2D eigenvalue weighted by Crippen LogP contribution is 3.02. The van der Waals surface area contributed by atoms with Crippen LogP contribution in [0.4, 0.5) is 0 Å². The predicted octanol–water partition coefficient (Wildman–Crippen LogP) is 1.23. The smallest absolute Gasteiger partial charge is 0.0128 e. The van der Waals surface area contributed by atoms with Gasteiger partial charge >= 0.3 is 0 Å². The van der Waals surface area contributed by atoms with Crippen molar-refractivity contribution in [3.8, 4) is 0 Å². The lowest BCUT2D eigenvalue weighted by Gasteiger charge is -1.81. The van der Waals surface area contributed by atoms with Crippen molar-refractivity contribution in [2.75, 3.05) is 0 Å². The minimum absolute atomic E-state index is 0.958. The third-order valence-electron chi connectivity index (χ3n) is 3.01. The number of rotatable bonds is 0. The second-order valence-corrected chi connectivity index (χ2v) is 3.01. The third kappa shape index (κ3) is 0.0576. The lowest BCUT2D eigenvalue weighted by Crippen LogP contribution is -1.74. The van der Waals surface area contributed by atoms with E-state index in [0.717, 1.165) is 11.3 Å². The van der Waals surface area contributed by atoms with Gasteiger partial charge in [-0.05, 0) is 29.6 Å². The maximum atomic E-state index is 2.38. The Morgan fingerprint density at radius 3 is 2.50 bits per heavy atom. The Labute approximate surface area is 37.5 Å². The first-order valence-corrected chi connectivity index (χ1v) is 2.73. The van der Waals surface area contributed by atoms with Gasteiger partial charge in [-0.3, -0.25) is 0 Å². The standard InChI is InChI=1S/C6H7/c1-3-5-4-2-6(3,4)5/h3,5H,2H2,1H3. The van der Waals surface area contributed by atoms with Gasteiger partial charge in [-0.25, -0.2) is 0 Å². The molecule has 0 aromatic carbocycles. The summed E-state index contributed by atoms with van der Waals surface area (Å²) in [6.07, 6.45) is 1.53. The highest BCUT2D eigenvalue weighted by atomic mass is 15.0. The summed E-state index contributed by atoms with van der Waals surface area (Å²) in [5.41, 5.74) is 0.958. The summed E-state index contributed by atoms with van der Waals surface area (Å²) in [5, 5.41) is 0. The molecule has 0 nitrogen and oxygen atoms in total. The summed E-state index contributed by atoms with van der Waals surface area (Å²) in [4.78, 5) is 0. The summed E-state index contributed by atoms with van der Waals surface area (Å²) in [7, 11) is 0. The highest BCUT2D eigenvalue weighted by Gasteiger charge is 2.96. The second-order valence-electron chi connectivity index (χ2n) is 3.01. The fraction of sp³-hybridized carbons (Fsp3) is 0.833. The van der Waals surface area contributed by atoms with Crippen molar-refractivity contribution < 1.29 is 0 Å². The second kappa shape index (κ2) is 0.312. The summed E-state index contributed by atoms with van der Waals surface area (Å²) in [6, 6.07) is 0. The van der Waals surface area contributed by atoms with E-state index in [1.54, 1.807) is 0 Å². The Bertz CT molecular complexity index is 122. The van der Waals surface area contributed by atoms with Crippen molar-refractivity contribution in [2.45, 2.75) is 13.3 Å². The molecule has 31 valence electrons. The van der Waals surface area contributed by atoms with Crippen LogP contribution in [0.2, 0.25) is 0 Å². The first-order valence-electron chi connectivity index (χ1n) is 2.73. The van der Waals surface area contributed by atoms with Crippen LogP contribution in [0.25, 0.3) is 0 Å². The average molecular weight is 79.1 g/mol. The van der Waals surface area contributed by atoms with Crippen LogP contribution in [0.3, 0.4) is 0 Å². The molecular weight excluding hydrogens is 72.1 g/mol. The van der Waals surface area contributed by atoms with Crippen LogP contribution in [-0.2, 0) is 0 Å². The van der Waals surface area contributed by atoms with Gasteiger partial charge in [0.2, 0.25) is 0 Å². The van der Waals surface area contributed by atoms with Crippen molar-refractivity contribution in [1.82, 2.24) is 0 Å². The molecule has 6 heavy (non-hydrogen) atoms. The molecule has 3 atom stereocenters. The van der Waals surface area contributed by atoms with E-state index in [4.69, 9.17) is 0 Å². The normalized spacial score (nSPS) is 81.5. The van der Waals surface area contributed by atoms with Crippen molar-refractivity contribution in [2.24, 2.45) is 17.3 Å². The largest absolute Gasteiger partial charge is 0.0616 e. The number of hydrogen-bond acceptors (Lipinski definition) is 0. The van der Waals surface area contributed by atoms with Gasteiger partial charge < -0.3 is 0 Å². The zero-order valence-corrected chi connectivity index (χ0v) is 3.86. The van der Waals surface area contributed by atoms with Gasteiger partial charge in [-0.2, -0.15) is 0 Å². The summed E-state index contributed by atoms with van der Waals surface area (Å²) in [6.45, 7) is 2.38. The molecule has 0 heterocycles. The lowest BCUT2D eigenvalue weighted by atomic mass is 10.2. The zero-order chi connectivity index (χ0) is 3.94. The van der Waals surface area contributed by atoms with E-state index in [1.807, 2.05) is 5.92 Å². The molecule has 0 aromatic heterocycles. The Hall–Kier alpha value is 0. The molecule has 0 amide bonds. The van der Waals surface area contributed by atoms with Gasteiger partial charge in [-0.1, -0.05) is 6.92 Å². The molecule has 3 rings (SSSR count). The van der Waals surface area contributed by atoms with Crippen LogP contribution < -0.4 is 0 Å². The molecule has 3 unspecified atom stereocenters. The molecule has 0 heteroatoms. The monoisotopic (exact) mass is 79.1 g/mol. The zero-order valence-electron chi connectivity index (χ0n) is 3.86. The summed E-state index contributed by atoms with van der Waals surface area (Å²) in [5.74, 6) is 4.22. The van der Waals surface area contributed by atoms with Gasteiger partial charge in [0.15, 0.2) is 0 Å². The van der Waals surface area contributed by atoms with E-state index < -0.39 is 0 Å². The Balaban J connectivity index is 2.19. The molecule has 3 saturated carbocycles. The average Bonchev–Trinajstić information content (AvgIpc) is 2.13.